The van der Waals surface area contributed by atoms with Gasteiger partial charge in [-0.25, -0.2) is 0 Å². The van der Waals surface area contributed by atoms with Crippen molar-refractivity contribution in [1.82, 2.24) is 20.4 Å². The predicted molar refractivity (Wildman–Crippen MR) is 126 cm³/mol. The van der Waals surface area contributed by atoms with Crippen LogP contribution in [0.1, 0.15) is 33.6 Å². The van der Waals surface area contributed by atoms with Gasteiger partial charge in [-0.3, -0.25) is 9.79 Å². The Morgan fingerprint density at radius 2 is 1.80 bits per heavy atom. The molecule has 7 heteroatoms. The molecule has 1 unspecified atom stereocenters. The fourth-order valence-electron chi connectivity index (χ4n) is 3.79. The molecular weight excluding hydrogens is 376 g/mol. The highest BCUT2D eigenvalue weighted by Crippen LogP contribution is 2.15. The summed E-state index contributed by atoms with van der Waals surface area (Å²) < 4.78 is 0. The molecule has 0 bridgehead atoms. The Morgan fingerprint density at radius 3 is 2.40 bits per heavy atom. The second-order valence-corrected chi connectivity index (χ2v) is 7.84. The number of amides is 1. The van der Waals surface area contributed by atoms with Crippen LogP contribution in [0.25, 0.3) is 0 Å². The topological polar surface area (TPSA) is 63.2 Å². The summed E-state index contributed by atoms with van der Waals surface area (Å²) in [5.41, 5.74) is 1.22. The summed E-state index contributed by atoms with van der Waals surface area (Å²) in [7, 11) is 1.75. The van der Waals surface area contributed by atoms with E-state index in [1.807, 2.05) is 11.0 Å². The number of carbonyl (C=O) groups is 1. The average Bonchev–Trinajstić information content (AvgIpc) is 2.80. The van der Waals surface area contributed by atoms with Gasteiger partial charge in [0.15, 0.2) is 5.96 Å². The first-order chi connectivity index (χ1) is 14.6. The van der Waals surface area contributed by atoms with E-state index in [0.29, 0.717) is 12.0 Å². The molecule has 1 amide bonds. The minimum absolute atomic E-state index is 0.125. The number of para-hydroxylation sites is 1. The molecule has 30 heavy (non-hydrogen) atoms. The second kappa shape index (κ2) is 13.1. The number of hydrogen-bond acceptors (Lipinski definition) is 4. The molecule has 1 aliphatic heterocycles. The lowest BCUT2D eigenvalue weighted by Gasteiger charge is -2.36. The Kier molecular flexibility index (Phi) is 10.5. The minimum atomic E-state index is 0.125. The van der Waals surface area contributed by atoms with Gasteiger partial charge in [-0.15, -0.1) is 0 Å². The summed E-state index contributed by atoms with van der Waals surface area (Å²) in [5.74, 6) is 0.821. The van der Waals surface area contributed by atoms with Crippen LogP contribution in [0.2, 0.25) is 0 Å². The van der Waals surface area contributed by atoms with Crippen molar-refractivity contribution in [2.75, 3.05) is 64.3 Å². The van der Waals surface area contributed by atoms with Crippen molar-refractivity contribution < 1.29 is 4.79 Å². The normalized spacial score (nSPS) is 16.0. The lowest BCUT2D eigenvalue weighted by molar-refractivity contribution is -0.130. The molecule has 0 spiro atoms. The lowest BCUT2D eigenvalue weighted by Crippen LogP contribution is -2.52. The molecule has 1 atom stereocenters. The molecule has 1 saturated heterocycles. The molecule has 0 aromatic heterocycles. The van der Waals surface area contributed by atoms with Gasteiger partial charge < -0.3 is 25.3 Å². The molecule has 0 saturated carbocycles. The van der Waals surface area contributed by atoms with Crippen LogP contribution in [0.15, 0.2) is 35.3 Å². The monoisotopic (exact) mass is 416 g/mol. The minimum Gasteiger partial charge on any atom is -0.368 e. The van der Waals surface area contributed by atoms with Crippen molar-refractivity contribution in [3.8, 4) is 0 Å². The van der Waals surface area contributed by atoms with Crippen molar-refractivity contribution in [1.29, 1.82) is 0 Å². The summed E-state index contributed by atoms with van der Waals surface area (Å²) in [6.45, 7) is 13.4. The number of nitrogens with zero attached hydrogens (tertiary/aromatic N) is 4. The van der Waals surface area contributed by atoms with Gasteiger partial charge in [-0.2, -0.15) is 0 Å². The molecule has 0 aliphatic carbocycles. The van der Waals surface area contributed by atoms with E-state index in [1.54, 1.807) is 7.05 Å². The Hall–Kier alpha value is -2.28. The van der Waals surface area contributed by atoms with E-state index < -0.39 is 0 Å². The third-order valence-corrected chi connectivity index (χ3v) is 5.77. The van der Waals surface area contributed by atoms with Gasteiger partial charge in [0.05, 0.1) is 6.54 Å². The van der Waals surface area contributed by atoms with E-state index in [9.17, 15) is 4.79 Å². The Labute approximate surface area is 182 Å². The van der Waals surface area contributed by atoms with Crippen LogP contribution >= 0.6 is 0 Å². The molecule has 2 N–H and O–H groups in total. The van der Waals surface area contributed by atoms with Crippen molar-refractivity contribution >= 4 is 17.6 Å². The molecule has 168 valence electrons. The maximum Gasteiger partial charge on any atom is 0.242 e. The first-order valence-corrected chi connectivity index (χ1v) is 11.3. The summed E-state index contributed by atoms with van der Waals surface area (Å²) in [5, 5.41) is 6.59. The molecule has 1 heterocycles. The number of benzene rings is 1. The first kappa shape index (κ1) is 24.0. The molecule has 2 rings (SSSR count). The average molecular weight is 417 g/mol. The van der Waals surface area contributed by atoms with Crippen LogP contribution in [-0.4, -0.2) is 87.1 Å². The molecule has 1 aliphatic rings. The molecule has 7 nitrogen and oxygen atoms in total. The summed E-state index contributed by atoms with van der Waals surface area (Å²) in [6, 6.07) is 10.7. The van der Waals surface area contributed by atoms with Crippen LogP contribution in [0, 0.1) is 0 Å². The fraction of sp³-hybridized carbons (Fsp3) is 0.652. The van der Waals surface area contributed by atoms with Gasteiger partial charge in [-0.1, -0.05) is 32.0 Å². The van der Waals surface area contributed by atoms with Crippen molar-refractivity contribution in [2.45, 2.75) is 39.7 Å². The van der Waals surface area contributed by atoms with E-state index in [-0.39, 0.29) is 12.5 Å². The highest BCUT2D eigenvalue weighted by molar-refractivity contribution is 5.86. The van der Waals surface area contributed by atoms with E-state index in [1.165, 1.54) is 5.69 Å². The number of hydrogen-bond donors (Lipinski definition) is 2. The molecule has 1 aromatic rings. The van der Waals surface area contributed by atoms with Gasteiger partial charge in [0.2, 0.25) is 5.91 Å². The molecule has 0 radical (unpaired) electrons. The number of carbonyl (C=O) groups excluding carboxylic acids is 1. The highest BCUT2D eigenvalue weighted by atomic mass is 16.2. The van der Waals surface area contributed by atoms with Crippen LogP contribution < -0.4 is 15.5 Å². The second-order valence-electron chi connectivity index (χ2n) is 7.84. The number of anilines is 1. The Balaban J connectivity index is 1.67. The smallest absolute Gasteiger partial charge is 0.242 e. The van der Waals surface area contributed by atoms with Crippen LogP contribution in [0.3, 0.4) is 0 Å². The van der Waals surface area contributed by atoms with E-state index in [4.69, 9.17) is 0 Å². The summed E-state index contributed by atoms with van der Waals surface area (Å²) in [6.07, 6.45) is 2.23. The van der Waals surface area contributed by atoms with Crippen molar-refractivity contribution in [2.24, 2.45) is 4.99 Å². The zero-order chi connectivity index (χ0) is 21.8. The molecule has 1 fully saturated rings. The van der Waals surface area contributed by atoms with Crippen molar-refractivity contribution in [3.63, 3.8) is 0 Å². The quantitative estimate of drug-likeness (QED) is 0.451. The maximum absolute atomic E-state index is 12.6. The Morgan fingerprint density at radius 1 is 1.13 bits per heavy atom. The van der Waals surface area contributed by atoms with Gasteiger partial charge >= 0.3 is 0 Å². The van der Waals surface area contributed by atoms with E-state index in [0.717, 1.165) is 58.7 Å². The summed E-state index contributed by atoms with van der Waals surface area (Å²) >= 11 is 0. The van der Waals surface area contributed by atoms with Gasteiger partial charge in [-0.05, 0) is 51.5 Å². The largest absolute Gasteiger partial charge is 0.368 e. The Bertz CT molecular complexity index is 638. The highest BCUT2D eigenvalue weighted by Gasteiger charge is 2.21. The van der Waals surface area contributed by atoms with Crippen molar-refractivity contribution in [3.05, 3.63) is 30.3 Å². The predicted octanol–water partition coefficient (Wildman–Crippen LogP) is 2.01. The van der Waals surface area contributed by atoms with Crippen LogP contribution in [0.5, 0.6) is 0 Å². The van der Waals surface area contributed by atoms with Gasteiger partial charge in [0, 0.05) is 45.0 Å². The number of aliphatic imine (C=N–C) groups is 1. The third kappa shape index (κ3) is 7.86. The van der Waals surface area contributed by atoms with Gasteiger partial charge in [0.25, 0.3) is 0 Å². The third-order valence-electron chi connectivity index (χ3n) is 5.77. The summed E-state index contributed by atoms with van der Waals surface area (Å²) in [4.78, 5) is 23.6. The van der Waals surface area contributed by atoms with Gasteiger partial charge in [0.1, 0.15) is 0 Å². The maximum atomic E-state index is 12.6. The number of piperazine rings is 1. The van der Waals surface area contributed by atoms with Crippen LogP contribution in [0.4, 0.5) is 5.69 Å². The molecule has 1 aromatic carbocycles. The first-order valence-electron chi connectivity index (χ1n) is 11.3. The SMILES string of the molecule is CCN(CC)CCCC(C)NC(=NC)NCC(=O)N1CCN(c2ccccc2)CC1. The standard InChI is InChI=1S/C23H40N6O/c1-5-27(6-2)14-10-11-20(3)26-23(24-4)25-19-22(30)29-17-15-28(16-18-29)21-12-8-7-9-13-21/h7-9,12-13,20H,5-6,10-11,14-19H2,1-4H3,(H2,24,25,26). The number of nitrogens with one attached hydrogen (secondary N) is 2. The van der Waals surface area contributed by atoms with E-state index >= 15 is 0 Å². The zero-order valence-corrected chi connectivity index (χ0v) is 19.2. The fourth-order valence-corrected chi connectivity index (χ4v) is 3.79. The zero-order valence-electron chi connectivity index (χ0n) is 19.2. The molecular formula is C23H40N6O. The number of guanidine groups is 1. The van der Waals surface area contributed by atoms with E-state index in [2.05, 4.69) is 70.5 Å². The lowest BCUT2D eigenvalue weighted by atomic mass is 10.2. The van der Waals surface area contributed by atoms with Crippen LogP contribution in [-0.2, 0) is 4.79 Å². The number of rotatable bonds is 10.